The highest BCUT2D eigenvalue weighted by Crippen LogP contribution is 2.25. The van der Waals surface area contributed by atoms with Crippen molar-refractivity contribution < 1.29 is 0 Å². The molecule has 2 heterocycles. The second kappa shape index (κ2) is 6.58. The molecule has 0 bridgehead atoms. The molecule has 19 heavy (non-hydrogen) atoms. The summed E-state index contributed by atoms with van der Waals surface area (Å²) >= 11 is 4.87. The largest absolute Gasteiger partial charge is 0.308 e. The summed E-state index contributed by atoms with van der Waals surface area (Å²) in [5.41, 5.74) is 3.20. The Labute approximate surface area is 125 Å². The summed E-state index contributed by atoms with van der Waals surface area (Å²) in [6.45, 7) is 5.14. The highest BCUT2D eigenvalue weighted by atomic mass is 79.9. The van der Waals surface area contributed by atoms with Gasteiger partial charge in [-0.3, -0.25) is 4.68 Å². The Hall–Kier alpha value is -0.790. The minimum absolute atomic E-state index is 0.185. The average Bonchev–Trinajstić information content (AvgIpc) is 2.98. The van der Waals surface area contributed by atoms with E-state index in [9.17, 15) is 0 Å². The number of hydrogen-bond donors (Lipinski definition) is 1. The number of halogens is 1. The fourth-order valence-corrected chi connectivity index (χ4v) is 2.99. The van der Waals surface area contributed by atoms with Crippen molar-refractivity contribution in [3.8, 4) is 0 Å². The molecule has 0 aliphatic rings. The van der Waals surface area contributed by atoms with E-state index in [1.165, 1.54) is 17.4 Å². The van der Waals surface area contributed by atoms with Gasteiger partial charge in [-0.05, 0) is 35.8 Å². The zero-order valence-electron chi connectivity index (χ0n) is 11.4. The molecule has 1 N–H and O–H groups in total. The van der Waals surface area contributed by atoms with E-state index in [0.29, 0.717) is 0 Å². The molecule has 2 aromatic rings. The van der Waals surface area contributed by atoms with Crippen LogP contribution in [-0.2, 0) is 13.5 Å². The number of rotatable bonds is 6. The maximum absolute atomic E-state index is 4.43. The lowest BCUT2D eigenvalue weighted by Crippen LogP contribution is -2.25. The van der Waals surface area contributed by atoms with Crippen molar-refractivity contribution in [1.82, 2.24) is 23.8 Å². The van der Waals surface area contributed by atoms with Crippen LogP contribution in [0.2, 0.25) is 0 Å². The van der Waals surface area contributed by atoms with Gasteiger partial charge in [0.2, 0.25) is 0 Å². The smallest absolute Gasteiger partial charge is 0.0916 e. The van der Waals surface area contributed by atoms with Gasteiger partial charge < -0.3 is 5.32 Å². The number of hydrogen-bond acceptors (Lipinski definition) is 5. The van der Waals surface area contributed by atoms with E-state index in [-0.39, 0.29) is 6.04 Å². The van der Waals surface area contributed by atoms with Gasteiger partial charge in [0.15, 0.2) is 0 Å². The van der Waals surface area contributed by atoms with E-state index >= 15 is 0 Å². The standard InChI is InChI=1S/C12H18BrN5S/c1-4-5-14-9(10-7-15-19-17-10)6-11-12(13)8(2)16-18(11)3/h7,9,14H,4-6H2,1-3H3. The number of aryl methyl sites for hydroxylation is 2. The highest BCUT2D eigenvalue weighted by molar-refractivity contribution is 9.10. The summed E-state index contributed by atoms with van der Waals surface area (Å²) < 4.78 is 11.5. The van der Waals surface area contributed by atoms with E-state index in [0.717, 1.165) is 35.2 Å². The lowest BCUT2D eigenvalue weighted by Gasteiger charge is -2.16. The highest BCUT2D eigenvalue weighted by Gasteiger charge is 2.19. The van der Waals surface area contributed by atoms with Crippen LogP contribution in [0.25, 0.3) is 0 Å². The summed E-state index contributed by atoms with van der Waals surface area (Å²) in [5, 5.41) is 7.96. The Balaban J connectivity index is 2.20. The topological polar surface area (TPSA) is 55.6 Å². The van der Waals surface area contributed by atoms with Crippen LogP contribution < -0.4 is 5.32 Å². The minimum atomic E-state index is 0.185. The van der Waals surface area contributed by atoms with E-state index < -0.39 is 0 Å². The molecule has 2 rings (SSSR count). The van der Waals surface area contributed by atoms with Gasteiger partial charge in [0.05, 0.1) is 45.5 Å². The summed E-state index contributed by atoms with van der Waals surface area (Å²) in [6.07, 6.45) is 3.79. The van der Waals surface area contributed by atoms with Gasteiger partial charge in [0.1, 0.15) is 0 Å². The first-order chi connectivity index (χ1) is 9.13. The molecule has 0 saturated carbocycles. The van der Waals surface area contributed by atoms with Crippen LogP contribution in [0.15, 0.2) is 10.7 Å². The van der Waals surface area contributed by atoms with Gasteiger partial charge in [-0.25, -0.2) is 0 Å². The first-order valence-electron chi connectivity index (χ1n) is 6.32. The lowest BCUT2D eigenvalue weighted by molar-refractivity contribution is 0.504. The molecule has 2 aromatic heterocycles. The van der Waals surface area contributed by atoms with Crippen LogP contribution in [0.5, 0.6) is 0 Å². The normalized spacial score (nSPS) is 12.8. The van der Waals surface area contributed by atoms with Crippen molar-refractivity contribution in [3.05, 3.63) is 27.8 Å². The maximum atomic E-state index is 4.43. The lowest BCUT2D eigenvalue weighted by atomic mass is 10.1. The molecule has 0 aromatic carbocycles. The predicted molar refractivity (Wildman–Crippen MR) is 80.3 cm³/mol. The number of nitrogens with zero attached hydrogens (tertiary/aromatic N) is 4. The van der Waals surface area contributed by atoms with Gasteiger partial charge in [-0.1, -0.05) is 6.92 Å². The van der Waals surface area contributed by atoms with E-state index in [1.807, 2.05) is 24.9 Å². The van der Waals surface area contributed by atoms with Gasteiger partial charge in [-0.2, -0.15) is 13.8 Å². The molecule has 1 atom stereocenters. The van der Waals surface area contributed by atoms with Gasteiger partial charge in [-0.15, -0.1) is 0 Å². The first-order valence-corrected chi connectivity index (χ1v) is 7.84. The van der Waals surface area contributed by atoms with Crippen molar-refractivity contribution in [2.75, 3.05) is 6.54 Å². The zero-order valence-corrected chi connectivity index (χ0v) is 13.8. The minimum Gasteiger partial charge on any atom is -0.308 e. The van der Waals surface area contributed by atoms with Gasteiger partial charge in [0, 0.05) is 13.5 Å². The van der Waals surface area contributed by atoms with Crippen LogP contribution >= 0.6 is 27.7 Å². The van der Waals surface area contributed by atoms with Crippen LogP contribution in [0, 0.1) is 6.92 Å². The monoisotopic (exact) mass is 343 g/mol. The molecule has 0 aliphatic heterocycles. The summed E-state index contributed by atoms with van der Waals surface area (Å²) in [6, 6.07) is 0.185. The van der Waals surface area contributed by atoms with Crippen molar-refractivity contribution in [3.63, 3.8) is 0 Å². The molecule has 1 unspecified atom stereocenters. The maximum Gasteiger partial charge on any atom is 0.0916 e. The Morgan fingerprint density at radius 2 is 2.32 bits per heavy atom. The molecular weight excluding hydrogens is 326 g/mol. The second-order valence-electron chi connectivity index (χ2n) is 4.51. The Bertz CT molecular complexity index is 522. The summed E-state index contributed by atoms with van der Waals surface area (Å²) in [4.78, 5) is 0. The van der Waals surface area contributed by atoms with E-state index in [2.05, 4.69) is 42.0 Å². The molecule has 0 amide bonds. The Morgan fingerprint density at radius 1 is 1.53 bits per heavy atom. The molecule has 0 fully saturated rings. The summed E-state index contributed by atoms with van der Waals surface area (Å²) in [5.74, 6) is 0. The third-order valence-electron chi connectivity index (χ3n) is 3.04. The van der Waals surface area contributed by atoms with E-state index in [1.54, 1.807) is 0 Å². The van der Waals surface area contributed by atoms with Gasteiger partial charge in [0.25, 0.3) is 0 Å². The molecule has 7 heteroatoms. The number of nitrogens with one attached hydrogen (secondary N) is 1. The van der Waals surface area contributed by atoms with Crippen molar-refractivity contribution >= 4 is 27.7 Å². The molecule has 0 saturated heterocycles. The van der Waals surface area contributed by atoms with Crippen LogP contribution in [0.1, 0.15) is 36.5 Å². The second-order valence-corrected chi connectivity index (χ2v) is 5.86. The van der Waals surface area contributed by atoms with Gasteiger partial charge >= 0.3 is 0 Å². The van der Waals surface area contributed by atoms with Crippen LogP contribution in [0.3, 0.4) is 0 Å². The quantitative estimate of drug-likeness (QED) is 0.875. The third-order valence-corrected chi connectivity index (χ3v) is 4.56. The van der Waals surface area contributed by atoms with Crippen LogP contribution in [-0.4, -0.2) is 25.1 Å². The third kappa shape index (κ3) is 3.40. The molecule has 0 aliphatic carbocycles. The zero-order chi connectivity index (χ0) is 13.8. The van der Waals surface area contributed by atoms with E-state index in [4.69, 9.17) is 0 Å². The Kier molecular flexibility index (Phi) is 5.06. The molecule has 5 nitrogen and oxygen atoms in total. The molecule has 104 valence electrons. The average molecular weight is 344 g/mol. The van der Waals surface area contributed by atoms with Crippen molar-refractivity contribution in [1.29, 1.82) is 0 Å². The Morgan fingerprint density at radius 3 is 2.84 bits per heavy atom. The molecule has 0 radical (unpaired) electrons. The van der Waals surface area contributed by atoms with Crippen molar-refractivity contribution in [2.24, 2.45) is 7.05 Å². The van der Waals surface area contributed by atoms with Crippen molar-refractivity contribution in [2.45, 2.75) is 32.7 Å². The first kappa shape index (κ1) is 14.6. The predicted octanol–water partition coefficient (Wildman–Crippen LogP) is 2.63. The van der Waals surface area contributed by atoms with Crippen LogP contribution in [0.4, 0.5) is 0 Å². The molecular formula is C12H18BrN5S. The number of aromatic nitrogens is 4. The fraction of sp³-hybridized carbons (Fsp3) is 0.583. The molecule has 0 spiro atoms. The SMILES string of the molecule is CCCNC(Cc1c(Br)c(C)nn1C)c1cnsn1. The summed E-state index contributed by atoms with van der Waals surface area (Å²) in [7, 11) is 1.98. The fourth-order valence-electron chi connectivity index (χ4n) is 2.02.